The molecule has 4 nitrogen and oxygen atoms in total. The molecule has 0 saturated heterocycles. The molecule has 4 heteroatoms. The number of nitrogens with one attached hydrogen (secondary N) is 1. The molecule has 1 aliphatic rings. The number of ether oxygens (including phenoxy) is 1. The number of hydrogen-bond acceptors (Lipinski definition) is 3. The number of carbonyl (C=O) groups excluding carboxylic acids is 1. The Hall–Kier alpha value is -1.55. The highest BCUT2D eigenvalue weighted by Gasteiger charge is 2.17. The van der Waals surface area contributed by atoms with Gasteiger partial charge in [0.1, 0.15) is 5.75 Å². The first-order valence-electron chi connectivity index (χ1n) is 7.88. The number of nitrogens with two attached hydrogens (primary N) is 1. The van der Waals surface area contributed by atoms with E-state index in [9.17, 15) is 4.79 Å². The first-order valence-corrected chi connectivity index (χ1v) is 7.88. The highest BCUT2D eigenvalue weighted by Crippen LogP contribution is 2.25. The number of anilines is 1. The van der Waals surface area contributed by atoms with Gasteiger partial charge in [-0.15, -0.1) is 0 Å². The summed E-state index contributed by atoms with van der Waals surface area (Å²) in [4.78, 5) is 11.9. The molecular weight excluding hydrogens is 264 g/mol. The maximum absolute atomic E-state index is 11.9. The zero-order chi connectivity index (χ0) is 15.2. The molecule has 1 unspecified atom stereocenters. The SMILES string of the molecule is CC(C)CC(N)C(=O)Nc1ccc(OC2CCCC2)cc1. The number of rotatable bonds is 6. The minimum absolute atomic E-state index is 0.131. The van der Waals surface area contributed by atoms with Gasteiger partial charge in [0.15, 0.2) is 0 Å². The van der Waals surface area contributed by atoms with Crippen molar-refractivity contribution in [2.24, 2.45) is 11.7 Å². The number of carbonyl (C=O) groups is 1. The third kappa shape index (κ3) is 5.05. The zero-order valence-corrected chi connectivity index (χ0v) is 13.0. The van der Waals surface area contributed by atoms with Crippen molar-refractivity contribution in [2.75, 3.05) is 5.32 Å². The van der Waals surface area contributed by atoms with Crippen molar-refractivity contribution in [3.05, 3.63) is 24.3 Å². The molecule has 0 bridgehead atoms. The van der Waals surface area contributed by atoms with Gasteiger partial charge < -0.3 is 15.8 Å². The van der Waals surface area contributed by atoms with Gasteiger partial charge in [-0.25, -0.2) is 0 Å². The summed E-state index contributed by atoms with van der Waals surface area (Å²) in [7, 11) is 0. The fourth-order valence-electron chi connectivity index (χ4n) is 2.67. The monoisotopic (exact) mass is 290 g/mol. The minimum Gasteiger partial charge on any atom is -0.490 e. The molecule has 1 aliphatic carbocycles. The fourth-order valence-corrected chi connectivity index (χ4v) is 2.67. The third-order valence-corrected chi connectivity index (χ3v) is 3.79. The maximum Gasteiger partial charge on any atom is 0.241 e. The van der Waals surface area contributed by atoms with Crippen LogP contribution < -0.4 is 15.8 Å². The first kappa shape index (κ1) is 15.8. The highest BCUT2D eigenvalue weighted by molar-refractivity contribution is 5.94. The second kappa shape index (κ2) is 7.46. The number of hydrogen-bond donors (Lipinski definition) is 2. The van der Waals surface area contributed by atoms with Crippen LogP contribution in [0.15, 0.2) is 24.3 Å². The summed E-state index contributed by atoms with van der Waals surface area (Å²) in [5.74, 6) is 1.15. The van der Waals surface area contributed by atoms with Crippen molar-refractivity contribution in [3.8, 4) is 5.75 Å². The van der Waals surface area contributed by atoms with Gasteiger partial charge in [-0.05, 0) is 62.3 Å². The molecule has 1 aromatic carbocycles. The lowest BCUT2D eigenvalue weighted by molar-refractivity contribution is -0.117. The molecule has 116 valence electrons. The van der Waals surface area contributed by atoms with E-state index in [-0.39, 0.29) is 5.91 Å². The largest absolute Gasteiger partial charge is 0.490 e. The minimum atomic E-state index is -0.459. The van der Waals surface area contributed by atoms with E-state index in [1.807, 2.05) is 24.3 Å². The molecule has 0 spiro atoms. The summed E-state index contributed by atoms with van der Waals surface area (Å²) in [6.45, 7) is 4.12. The molecule has 1 aromatic rings. The lowest BCUT2D eigenvalue weighted by Crippen LogP contribution is -2.36. The molecule has 0 aromatic heterocycles. The van der Waals surface area contributed by atoms with E-state index in [0.717, 1.165) is 24.3 Å². The molecule has 1 atom stereocenters. The van der Waals surface area contributed by atoms with Gasteiger partial charge in [-0.2, -0.15) is 0 Å². The van der Waals surface area contributed by atoms with Gasteiger partial charge in [-0.1, -0.05) is 13.8 Å². The van der Waals surface area contributed by atoms with Crippen LogP contribution in [0.3, 0.4) is 0 Å². The molecular formula is C17H26N2O2. The topological polar surface area (TPSA) is 64.4 Å². The van der Waals surface area contributed by atoms with Crippen molar-refractivity contribution in [3.63, 3.8) is 0 Å². The van der Waals surface area contributed by atoms with Crippen LogP contribution in [0.4, 0.5) is 5.69 Å². The summed E-state index contributed by atoms with van der Waals surface area (Å²) in [5, 5.41) is 2.85. The predicted molar refractivity (Wildman–Crippen MR) is 85.4 cm³/mol. The summed E-state index contributed by atoms with van der Waals surface area (Å²) >= 11 is 0. The summed E-state index contributed by atoms with van der Waals surface area (Å²) in [6, 6.07) is 7.08. The molecule has 1 saturated carbocycles. The van der Waals surface area contributed by atoms with E-state index in [2.05, 4.69) is 19.2 Å². The molecule has 3 N–H and O–H groups in total. The van der Waals surface area contributed by atoms with Gasteiger partial charge in [0.2, 0.25) is 5.91 Å². The zero-order valence-electron chi connectivity index (χ0n) is 13.0. The molecule has 2 rings (SSSR count). The molecule has 1 fully saturated rings. The van der Waals surface area contributed by atoms with Crippen molar-refractivity contribution < 1.29 is 9.53 Å². The highest BCUT2D eigenvalue weighted by atomic mass is 16.5. The normalized spacial score (nSPS) is 17.0. The van der Waals surface area contributed by atoms with Gasteiger partial charge in [-0.3, -0.25) is 4.79 Å². The lowest BCUT2D eigenvalue weighted by Gasteiger charge is -2.15. The average molecular weight is 290 g/mol. The Balaban J connectivity index is 1.85. The Morgan fingerprint density at radius 2 is 1.90 bits per heavy atom. The predicted octanol–water partition coefficient (Wildman–Crippen LogP) is 3.32. The van der Waals surface area contributed by atoms with E-state index >= 15 is 0 Å². The third-order valence-electron chi connectivity index (χ3n) is 3.79. The Morgan fingerprint density at radius 3 is 2.48 bits per heavy atom. The van der Waals surface area contributed by atoms with E-state index < -0.39 is 6.04 Å². The van der Waals surface area contributed by atoms with Gasteiger partial charge in [0.25, 0.3) is 0 Å². The first-order chi connectivity index (χ1) is 10.0. The van der Waals surface area contributed by atoms with Crippen LogP contribution in [0.5, 0.6) is 5.75 Å². The molecule has 0 heterocycles. The summed E-state index contributed by atoms with van der Waals surface area (Å²) < 4.78 is 5.90. The summed E-state index contributed by atoms with van der Waals surface area (Å²) in [5.41, 5.74) is 6.63. The van der Waals surface area contributed by atoms with Crippen molar-refractivity contribution in [1.29, 1.82) is 0 Å². The van der Waals surface area contributed by atoms with Crippen LogP contribution in [0, 0.1) is 5.92 Å². The van der Waals surface area contributed by atoms with E-state index in [1.54, 1.807) is 0 Å². The maximum atomic E-state index is 11.9. The van der Waals surface area contributed by atoms with Crippen LogP contribution in [0.1, 0.15) is 46.0 Å². The van der Waals surface area contributed by atoms with Crippen LogP contribution in [0.25, 0.3) is 0 Å². The van der Waals surface area contributed by atoms with E-state index in [1.165, 1.54) is 12.8 Å². The quantitative estimate of drug-likeness (QED) is 0.844. The molecule has 1 amide bonds. The van der Waals surface area contributed by atoms with Gasteiger partial charge in [0.05, 0.1) is 12.1 Å². The summed E-state index contributed by atoms with van der Waals surface area (Å²) in [6.07, 6.45) is 5.84. The fraction of sp³-hybridized carbons (Fsp3) is 0.588. The van der Waals surface area contributed by atoms with Crippen LogP contribution in [0.2, 0.25) is 0 Å². The van der Waals surface area contributed by atoms with E-state index in [4.69, 9.17) is 10.5 Å². The smallest absolute Gasteiger partial charge is 0.241 e. The molecule has 0 radical (unpaired) electrons. The van der Waals surface area contributed by atoms with Gasteiger partial charge in [0, 0.05) is 5.69 Å². The standard InChI is InChI=1S/C17H26N2O2/c1-12(2)11-16(18)17(20)19-13-7-9-15(10-8-13)21-14-5-3-4-6-14/h7-10,12,14,16H,3-6,11,18H2,1-2H3,(H,19,20). The van der Waals surface area contributed by atoms with Gasteiger partial charge >= 0.3 is 0 Å². The second-order valence-corrected chi connectivity index (χ2v) is 6.27. The van der Waals surface area contributed by atoms with Crippen molar-refractivity contribution in [1.82, 2.24) is 0 Å². The van der Waals surface area contributed by atoms with E-state index in [0.29, 0.717) is 18.4 Å². The molecule has 21 heavy (non-hydrogen) atoms. The van der Waals surface area contributed by atoms with Crippen molar-refractivity contribution >= 4 is 11.6 Å². The second-order valence-electron chi connectivity index (χ2n) is 6.27. The van der Waals surface area contributed by atoms with Crippen LogP contribution >= 0.6 is 0 Å². The Bertz CT molecular complexity index is 450. The van der Waals surface area contributed by atoms with Crippen LogP contribution in [-0.2, 0) is 4.79 Å². The lowest BCUT2D eigenvalue weighted by atomic mass is 10.0. The Morgan fingerprint density at radius 1 is 1.29 bits per heavy atom. The Labute approximate surface area is 127 Å². The molecule has 0 aliphatic heterocycles. The van der Waals surface area contributed by atoms with Crippen LogP contribution in [-0.4, -0.2) is 18.1 Å². The number of benzene rings is 1. The average Bonchev–Trinajstić information content (AvgIpc) is 2.93. The van der Waals surface area contributed by atoms with Crippen molar-refractivity contribution in [2.45, 2.75) is 58.1 Å². The number of amides is 1. The Kier molecular flexibility index (Phi) is 5.62.